The summed E-state index contributed by atoms with van der Waals surface area (Å²) in [5.41, 5.74) is 4.67. The minimum Gasteiger partial charge on any atom is -0.412 e. The molecule has 1 aromatic heterocycles. The SMILES string of the molecule is O.O=C([C@@H]1CCc2[nH]cnc2C1)N1CCc2ccccc21. The number of carbonyl (C=O) groups excluding carboxylic acids is 1. The van der Waals surface area contributed by atoms with Crippen LogP contribution < -0.4 is 4.90 Å². The molecular formula is C16H19N3O2. The Morgan fingerprint density at radius 2 is 2.14 bits per heavy atom. The zero-order valence-corrected chi connectivity index (χ0v) is 11.8. The van der Waals surface area contributed by atoms with E-state index in [4.69, 9.17) is 0 Å². The summed E-state index contributed by atoms with van der Waals surface area (Å²) in [6.07, 6.45) is 5.34. The minimum atomic E-state index is 0. The second-order valence-corrected chi connectivity index (χ2v) is 5.64. The summed E-state index contributed by atoms with van der Waals surface area (Å²) in [4.78, 5) is 22.3. The van der Waals surface area contributed by atoms with Gasteiger partial charge in [-0.25, -0.2) is 4.98 Å². The van der Waals surface area contributed by atoms with E-state index >= 15 is 0 Å². The molecule has 0 saturated heterocycles. The van der Waals surface area contributed by atoms with Gasteiger partial charge in [-0.3, -0.25) is 4.79 Å². The topological polar surface area (TPSA) is 80.5 Å². The lowest BCUT2D eigenvalue weighted by Crippen LogP contribution is -2.37. The highest BCUT2D eigenvalue weighted by Gasteiger charge is 2.32. The number of nitrogens with one attached hydrogen (secondary N) is 1. The van der Waals surface area contributed by atoms with Crippen LogP contribution in [0.5, 0.6) is 0 Å². The van der Waals surface area contributed by atoms with Gasteiger partial charge in [-0.15, -0.1) is 0 Å². The van der Waals surface area contributed by atoms with Gasteiger partial charge in [0.05, 0.1) is 12.0 Å². The summed E-state index contributed by atoms with van der Waals surface area (Å²) in [5.74, 6) is 0.348. The molecule has 3 N–H and O–H groups in total. The summed E-state index contributed by atoms with van der Waals surface area (Å²) in [6, 6.07) is 8.23. The number of hydrogen-bond donors (Lipinski definition) is 1. The summed E-state index contributed by atoms with van der Waals surface area (Å²) in [7, 11) is 0. The van der Waals surface area contributed by atoms with Crippen LogP contribution in [0.25, 0.3) is 0 Å². The number of rotatable bonds is 1. The van der Waals surface area contributed by atoms with E-state index in [0.29, 0.717) is 0 Å². The number of fused-ring (bicyclic) bond motifs is 2. The number of aromatic nitrogens is 2. The van der Waals surface area contributed by atoms with Crippen LogP contribution in [-0.4, -0.2) is 27.9 Å². The van der Waals surface area contributed by atoms with Crippen molar-refractivity contribution in [3.8, 4) is 0 Å². The van der Waals surface area contributed by atoms with Gasteiger partial charge in [-0.1, -0.05) is 18.2 Å². The number of amides is 1. The fraction of sp³-hybridized carbons (Fsp3) is 0.375. The highest BCUT2D eigenvalue weighted by Crippen LogP contribution is 2.31. The van der Waals surface area contributed by atoms with E-state index in [9.17, 15) is 4.79 Å². The van der Waals surface area contributed by atoms with Crippen molar-refractivity contribution in [2.75, 3.05) is 11.4 Å². The molecule has 0 bridgehead atoms. The largest absolute Gasteiger partial charge is 0.412 e. The van der Waals surface area contributed by atoms with Crippen LogP contribution in [0.3, 0.4) is 0 Å². The average Bonchev–Trinajstić information content (AvgIpc) is 3.12. The number of imidazole rings is 1. The predicted octanol–water partition coefficient (Wildman–Crippen LogP) is 1.28. The Labute approximate surface area is 123 Å². The lowest BCUT2D eigenvalue weighted by Gasteiger charge is -2.26. The van der Waals surface area contributed by atoms with E-state index in [0.717, 1.165) is 43.6 Å². The zero-order chi connectivity index (χ0) is 13.5. The number of carbonyl (C=O) groups is 1. The van der Waals surface area contributed by atoms with Gasteiger partial charge in [0.15, 0.2) is 0 Å². The third-order valence-corrected chi connectivity index (χ3v) is 4.49. The molecule has 4 rings (SSSR count). The standard InChI is InChI=1S/C16H17N3O.H2O/c20-16(12-5-6-13-14(9-12)18-10-17-13)19-8-7-11-3-1-2-4-15(11)19;/h1-4,10,12H,5-9H2,(H,17,18);1H2/t12-;/m1./s1. The fourth-order valence-corrected chi connectivity index (χ4v) is 3.39. The molecule has 1 atom stereocenters. The first-order chi connectivity index (χ1) is 9.83. The first-order valence-electron chi connectivity index (χ1n) is 7.23. The number of nitrogens with zero attached hydrogens (tertiary/aromatic N) is 2. The molecule has 0 spiro atoms. The van der Waals surface area contributed by atoms with E-state index in [1.165, 1.54) is 11.3 Å². The number of para-hydroxylation sites is 1. The number of benzene rings is 1. The Morgan fingerprint density at radius 1 is 1.29 bits per heavy atom. The number of aromatic amines is 1. The minimum absolute atomic E-state index is 0. The molecule has 21 heavy (non-hydrogen) atoms. The smallest absolute Gasteiger partial charge is 0.230 e. The van der Waals surface area contributed by atoms with Crippen molar-refractivity contribution in [3.63, 3.8) is 0 Å². The maximum atomic E-state index is 12.8. The Kier molecular flexibility index (Phi) is 3.51. The van der Waals surface area contributed by atoms with Crippen molar-refractivity contribution in [2.45, 2.75) is 25.7 Å². The Hall–Kier alpha value is -2.14. The van der Waals surface area contributed by atoms with Crippen molar-refractivity contribution in [1.29, 1.82) is 0 Å². The van der Waals surface area contributed by atoms with E-state index in [1.54, 1.807) is 6.33 Å². The van der Waals surface area contributed by atoms with Gasteiger partial charge < -0.3 is 15.4 Å². The highest BCUT2D eigenvalue weighted by atomic mass is 16.2. The summed E-state index contributed by atoms with van der Waals surface area (Å²) in [5, 5.41) is 0. The van der Waals surface area contributed by atoms with Crippen LogP contribution in [0.2, 0.25) is 0 Å². The van der Waals surface area contributed by atoms with Crippen LogP contribution in [0, 0.1) is 5.92 Å². The lowest BCUT2D eigenvalue weighted by molar-refractivity contribution is -0.122. The molecule has 1 amide bonds. The Balaban J connectivity index is 0.00000132. The number of anilines is 1. The molecule has 1 aromatic carbocycles. The molecule has 0 radical (unpaired) electrons. The predicted molar refractivity (Wildman–Crippen MR) is 80.2 cm³/mol. The van der Waals surface area contributed by atoms with E-state index < -0.39 is 0 Å². The first kappa shape index (κ1) is 13.8. The van der Waals surface area contributed by atoms with Gasteiger partial charge >= 0.3 is 0 Å². The fourth-order valence-electron chi connectivity index (χ4n) is 3.39. The molecule has 0 unspecified atom stereocenters. The summed E-state index contributed by atoms with van der Waals surface area (Å²) in [6.45, 7) is 0.822. The number of H-pyrrole nitrogens is 1. The van der Waals surface area contributed by atoms with Gasteiger partial charge in [0, 0.05) is 30.3 Å². The third kappa shape index (κ3) is 2.23. The molecule has 1 aliphatic carbocycles. The molecule has 0 fully saturated rings. The molecule has 2 aromatic rings. The average molecular weight is 285 g/mol. The normalized spacial score (nSPS) is 19.6. The number of hydrogen-bond acceptors (Lipinski definition) is 2. The second kappa shape index (κ2) is 5.33. The number of aryl methyl sites for hydroxylation is 1. The van der Waals surface area contributed by atoms with Crippen molar-refractivity contribution in [1.82, 2.24) is 9.97 Å². The molecule has 110 valence electrons. The summed E-state index contributed by atoms with van der Waals surface area (Å²) < 4.78 is 0. The first-order valence-corrected chi connectivity index (χ1v) is 7.23. The maximum absolute atomic E-state index is 12.8. The van der Waals surface area contributed by atoms with E-state index in [2.05, 4.69) is 22.1 Å². The second-order valence-electron chi connectivity index (χ2n) is 5.64. The quantitative estimate of drug-likeness (QED) is 0.856. The molecular weight excluding hydrogens is 266 g/mol. The van der Waals surface area contributed by atoms with Crippen molar-refractivity contribution >= 4 is 11.6 Å². The van der Waals surface area contributed by atoms with Gasteiger partial charge in [0.2, 0.25) is 5.91 Å². The van der Waals surface area contributed by atoms with Crippen LogP contribution >= 0.6 is 0 Å². The van der Waals surface area contributed by atoms with Crippen molar-refractivity contribution in [3.05, 3.63) is 47.5 Å². The molecule has 2 aliphatic rings. The van der Waals surface area contributed by atoms with Crippen LogP contribution in [-0.2, 0) is 24.1 Å². The van der Waals surface area contributed by atoms with Gasteiger partial charge in [-0.05, 0) is 30.9 Å². The molecule has 1 aliphatic heterocycles. The molecule has 0 saturated carbocycles. The van der Waals surface area contributed by atoms with Gasteiger partial charge in [-0.2, -0.15) is 0 Å². The summed E-state index contributed by atoms with van der Waals surface area (Å²) >= 11 is 0. The van der Waals surface area contributed by atoms with Crippen LogP contribution in [0.1, 0.15) is 23.4 Å². The van der Waals surface area contributed by atoms with Crippen molar-refractivity contribution in [2.24, 2.45) is 5.92 Å². The van der Waals surface area contributed by atoms with Gasteiger partial charge in [0.1, 0.15) is 0 Å². The van der Waals surface area contributed by atoms with Gasteiger partial charge in [0.25, 0.3) is 0 Å². The lowest BCUT2D eigenvalue weighted by atomic mass is 9.88. The van der Waals surface area contributed by atoms with E-state index in [1.807, 2.05) is 17.0 Å². The van der Waals surface area contributed by atoms with Crippen LogP contribution in [0.15, 0.2) is 30.6 Å². The maximum Gasteiger partial charge on any atom is 0.230 e. The van der Waals surface area contributed by atoms with Crippen LogP contribution in [0.4, 0.5) is 5.69 Å². The zero-order valence-electron chi connectivity index (χ0n) is 11.8. The van der Waals surface area contributed by atoms with Crippen molar-refractivity contribution < 1.29 is 10.3 Å². The third-order valence-electron chi connectivity index (χ3n) is 4.49. The molecule has 5 nitrogen and oxygen atoms in total. The monoisotopic (exact) mass is 285 g/mol. The Morgan fingerprint density at radius 3 is 3.05 bits per heavy atom. The molecule has 5 heteroatoms. The molecule has 2 heterocycles. The Bertz CT molecular complexity index is 665. The highest BCUT2D eigenvalue weighted by molar-refractivity contribution is 5.97. The van der Waals surface area contributed by atoms with E-state index in [-0.39, 0.29) is 17.3 Å².